The zero-order valence-corrected chi connectivity index (χ0v) is 11.8. The Kier molecular flexibility index (Phi) is 8.18. The molecular weight excluding hydrogens is 240 g/mol. The summed E-state index contributed by atoms with van der Waals surface area (Å²) in [5, 5.41) is 21.6. The number of nitrogens with zero attached hydrogens (tertiary/aromatic N) is 1. The van der Waals surface area contributed by atoms with Crippen molar-refractivity contribution in [1.82, 2.24) is 4.98 Å². The lowest BCUT2D eigenvalue weighted by Gasteiger charge is -2.12. The van der Waals surface area contributed by atoms with Gasteiger partial charge in [-0.3, -0.25) is 4.98 Å². The Balaban J connectivity index is 2.16. The van der Waals surface area contributed by atoms with Gasteiger partial charge in [0.05, 0.1) is 11.9 Å². The van der Waals surface area contributed by atoms with E-state index < -0.39 is 6.29 Å². The minimum absolute atomic E-state index is 0.484. The lowest BCUT2D eigenvalue weighted by atomic mass is 10.1. The first-order valence-corrected chi connectivity index (χ1v) is 7.29. The molecule has 0 fully saturated rings. The van der Waals surface area contributed by atoms with E-state index in [0.29, 0.717) is 11.3 Å². The molecule has 108 valence electrons. The largest absolute Gasteiger partial charge is 0.383 e. The number of hydrogen-bond acceptors (Lipinski definition) is 4. The summed E-state index contributed by atoms with van der Waals surface area (Å²) in [6.45, 7) is 3.07. The Morgan fingerprint density at radius 1 is 1.11 bits per heavy atom. The minimum Gasteiger partial charge on any atom is -0.383 e. The topological polar surface area (TPSA) is 65.4 Å². The van der Waals surface area contributed by atoms with Crippen LogP contribution in [0.15, 0.2) is 18.5 Å². The van der Waals surface area contributed by atoms with Gasteiger partial charge in [0.2, 0.25) is 0 Å². The van der Waals surface area contributed by atoms with Crippen LogP contribution in [0.1, 0.15) is 63.7 Å². The summed E-state index contributed by atoms with van der Waals surface area (Å²) >= 11 is 0. The highest BCUT2D eigenvalue weighted by Gasteiger charge is 2.08. The predicted octanol–water partition coefficient (Wildman–Crippen LogP) is 3.23. The first-order valence-electron chi connectivity index (χ1n) is 7.29. The normalized spacial score (nSPS) is 10.9. The standard InChI is InChI=1S/C15H26N2O2/c1-2-3-4-5-6-7-8-10-17-14-12-16-11-9-13(14)15(18)19/h9,11-12,15,17-19H,2-8,10H2,1H3. The molecule has 0 saturated heterocycles. The highest BCUT2D eigenvalue weighted by molar-refractivity contribution is 5.49. The van der Waals surface area contributed by atoms with Gasteiger partial charge in [0.25, 0.3) is 0 Å². The molecule has 0 aliphatic heterocycles. The Bertz CT molecular complexity index is 343. The molecule has 19 heavy (non-hydrogen) atoms. The average Bonchev–Trinajstić information content (AvgIpc) is 2.42. The fourth-order valence-electron chi connectivity index (χ4n) is 2.08. The fraction of sp³-hybridized carbons (Fsp3) is 0.667. The van der Waals surface area contributed by atoms with Gasteiger partial charge < -0.3 is 15.5 Å². The number of aliphatic hydroxyl groups excluding tert-OH is 1. The van der Waals surface area contributed by atoms with E-state index in [-0.39, 0.29) is 0 Å². The van der Waals surface area contributed by atoms with E-state index in [1.54, 1.807) is 18.5 Å². The predicted molar refractivity (Wildman–Crippen MR) is 77.9 cm³/mol. The molecule has 0 bridgehead atoms. The molecule has 1 aromatic rings. The van der Waals surface area contributed by atoms with Crippen molar-refractivity contribution in [3.05, 3.63) is 24.0 Å². The van der Waals surface area contributed by atoms with Crippen molar-refractivity contribution < 1.29 is 10.2 Å². The maximum atomic E-state index is 9.22. The summed E-state index contributed by atoms with van der Waals surface area (Å²) < 4.78 is 0. The van der Waals surface area contributed by atoms with Crippen molar-refractivity contribution in [1.29, 1.82) is 0 Å². The molecule has 0 radical (unpaired) electrons. The van der Waals surface area contributed by atoms with E-state index in [4.69, 9.17) is 0 Å². The van der Waals surface area contributed by atoms with Gasteiger partial charge in [0, 0.05) is 18.3 Å². The van der Waals surface area contributed by atoms with Crippen LogP contribution < -0.4 is 5.32 Å². The molecule has 3 N–H and O–H groups in total. The number of aliphatic hydroxyl groups is 2. The fourth-order valence-corrected chi connectivity index (χ4v) is 2.08. The van der Waals surface area contributed by atoms with Crippen LogP contribution in [0.5, 0.6) is 0 Å². The number of rotatable bonds is 10. The zero-order valence-electron chi connectivity index (χ0n) is 11.8. The summed E-state index contributed by atoms with van der Waals surface area (Å²) in [4.78, 5) is 3.99. The van der Waals surface area contributed by atoms with Gasteiger partial charge in [-0.25, -0.2) is 0 Å². The Morgan fingerprint density at radius 3 is 2.47 bits per heavy atom. The quantitative estimate of drug-likeness (QED) is 0.449. The third-order valence-corrected chi connectivity index (χ3v) is 3.23. The van der Waals surface area contributed by atoms with Gasteiger partial charge in [0.1, 0.15) is 0 Å². The van der Waals surface area contributed by atoms with Gasteiger partial charge in [-0.05, 0) is 12.5 Å². The van der Waals surface area contributed by atoms with E-state index in [0.717, 1.165) is 13.0 Å². The Morgan fingerprint density at radius 2 is 1.79 bits per heavy atom. The van der Waals surface area contributed by atoms with E-state index in [9.17, 15) is 10.2 Å². The molecule has 0 amide bonds. The Labute approximate surface area is 115 Å². The molecule has 1 aromatic heterocycles. The summed E-state index contributed by atoms with van der Waals surface area (Å²) in [6.07, 6.45) is 10.6. The van der Waals surface area contributed by atoms with Crippen molar-refractivity contribution in [2.24, 2.45) is 0 Å². The van der Waals surface area contributed by atoms with Crippen LogP contribution in [0.4, 0.5) is 5.69 Å². The summed E-state index contributed by atoms with van der Waals surface area (Å²) in [5.41, 5.74) is 1.20. The number of hydrogen-bond donors (Lipinski definition) is 3. The summed E-state index contributed by atoms with van der Waals surface area (Å²) in [5.74, 6) is 0. The first kappa shape index (κ1) is 15.9. The number of anilines is 1. The van der Waals surface area contributed by atoms with Gasteiger partial charge >= 0.3 is 0 Å². The van der Waals surface area contributed by atoms with Crippen LogP contribution in [0.2, 0.25) is 0 Å². The zero-order chi connectivity index (χ0) is 13.9. The number of pyridine rings is 1. The van der Waals surface area contributed by atoms with Gasteiger partial charge in [-0.15, -0.1) is 0 Å². The first-order chi connectivity index (χ1) is 9.25. The molecule has 0 saturated carbocycles. The highest BCUT2D eigenvalue weighted by atomic mass is 16.5. The van der Waals surface area contributed by atoms with E-state index in [1.807, 2.05) is 0 Å². The van der Waals surface area contributed by atoms with Crippen molar-refractivity contribution in [2.75, 3.05) is 11.9 Å². The monoisotopic (exact) mass is 266 g/mol. The van der Waals surface area contributed by atoms with Crippen molar-refractivity contribution in [2.45, 2.75) is 58.2 Å². The molecule has 0 aromatic carbocycles. The van der Waals surface area contributed by atoms with Crippen molar-refractivity contribution in [3.63, 3.8) is 0 Å². The average molecular weight is 266 g/mol. The molecule has 0 atom stereocenters. The molecule has 4 heteroatoms. The van der Waals surface area contributed by atoms with Crippen LogP contribution in [0.3, 0.4) is 0 Å². The van der Waals surface area contributed by atoms with Crippen LogP contribution >= 0.6 is 0 Å². The molecular formula is C15H26N2O2. The number of nitrogens with one attached hydrogen (secondary N) is 1. The number of aromatic nitrogens is 1. The molecule has 0 aliphatic rings. The minimum atomic E-state index is -1.44. The molecule has 0 unspecified atom stereocenters. The van der Waals surface area contributed by atoms with E-state index >= 15 is 0 Å². The van der Waals surface area contributed by atoms with Gasteiger partial charge in [0.15, 0.2) is 6.29 Å². The van der Waals surface area contributed by atoms with Crippen molar-refractivity contribution in [3.8, 4) is 0 Å². The lowest BCUT2D eigenvalue weighted by Crippen LogP contribution is -2.07. The van der Waals surface area contributed by atoms with E-state index in [1.165, 1.54) is 38.5 Å². The molecule has 0 aliphatic carbocycles. The Hall–Kier alpha value is -1.13. The van der Waals surface area contributed by atoms with Crippen LogP contribution in [-0.4, -0.2) is 21.7 Å². The van der Waals surface area contributed by atoms with Crippen LogP contribution in [0, 0.1) is 0 Å². The van der Waals surface area contributed by atoms with Crippen LogP contribution in [0.25, 0.3) is 0 Å². The maximum Gasteiger partial charge on any atom is 0.180 e. The van der Waals surface area contributed by atoms with Crippen molar-refractivity contribution >= 4 is 5.69 Å². The van der Waals surface area contributed by atoms with Gasteiger partial charge in [-0.1, -0.05) is 45.4 Å². The third kappa shape index (κ3) is 6.55. The second-order valence-corrected chi connectivity index (χ2v) is 4.88. The molecule has 0 spiro atoms. The maximum absolute atomic E-state index is 9.22. The third-order valence-electron chi connectivity index (χ3n) is 3.23. The smallest absolute Gasteiger partial charge is 0.180 e. The second kappa shape index (κ2) is 9.75. The molecule has 4 nitrogen and oxygen atoms in total. The number of unbranched alkanes of at least 4 members (excludes halogenated alkanes) is 6. The summed E-state index contributed by atoms with van der Waals surface area (Å²) in [7, 11) is 0. The van der Waals surface area contributed by atoms with Crippen LogP contribution in [-0.2, 0) is 0 Å². The molecule has 1 heterocycles. The second-order valence-electron chi connectivity index (χ2n) is 4.88. The lowest BCUT2D eigenvalue weighted by molar-refractivity contribution is -0.0419. The van der Waals surface area contributed by atoms with E-state index in [2.05, 4.69) is 17.2 Å². The van der Waals surface area contributed by atoms with Gasteiger partial charge in [-0.2, -0.15) is 0 Å². The highest BCUT2D eigenvalue weighted by Crippen LogP contribution is 2.19. The summed E-state index contributed by atoms with van der Waals surface area (Å²) in [6, 6.07) is 1.62. The SMILES string of the molecule is CCCCCCCCCNc1cnccc1C(O)O. The molecule has 1 rings (SSSR count).